The molecule has 0 radical (unpaired) electrons. The molecule has 1 heterocycles. The lowest BCUT2D eigenvalue weighted by atomic mass is 9.77. The summed E-state index contributed by atoms with van der Waals surface area (Å²) in [4.78, 5) is 11.1. The Labute approximate surface area is 84.3 Å². The van der Waals surface area contributed by atoms with Crippen LogP contribution in [0, 0.1) is 6.92 Å². The molecule has 74 valence electrons. The number of anilines is 1. The fourth-order valence-corrected chi connectivity index (χ4v) is 2.00. The van der Waals surface area contributed by atoms with Gasteiger partial charge in [-0.3, -0.25) is 0 Å². The summed E-state index contributed by atoms with van der Waals surface area (Å²) in [5.74, 6) is 0. The zero-order valence-corrected chi connectivity index (χ0v) is 8.63. The molecule has 1 atom stereocenters. The quantitative estimate of drug-likeness (QED) is 0.687. The molecule has 0 aromatic heterocycles. The molecule has 2 heteroatoms. The van der Waals surface area contributed by atoms with Crippen molar-refractivity contribution in [1.29, 1.82) is 0 Å². The highest BCUT2D eigenvalue weighted by atomic mass is 16.1. The molecular formula is C12H15NO. The topological polar surface area (TPSA) is 29.1 Å². The van der Waals surface area contributed by atoms with Crippen LogP contribution in [0.1, 0.15) is 24.5 Å². The first kappa shape index (κ1) is 9.25. The van der Waals surface area contributed by atoms with Gasteiger partial charge in [0.05, 0.1) is 5.41 Å². The smallest absolute Gasteiger partial charge is 0.130 e. The summed E-state index contributed by atoms with van der Waals surface area (Å²) >= 11 is 0. The summed E-state index contributed by atoms with van der Waals surface area (Å²) in [6.07, 6.45) is 1.96. The molecular weight excluding hydrogens is 174 g/mol. The van der Waals surface area contributed by atoms with Crippen LogP contribution < -0.4 is 5.32 Å². The van der Waals surface area contributed by atoms with Crippen LogP contribution in [0.5, 0.6) is 0 Å². The number of carbonyl (C=O) groups is 1. The second-order valence-electron chi connectivity index (χ2n) is 4.26. The van der Waals surface area contributed by atoms with Gasteiger partial charge in [-0.25, -0.2) is 0 Å². The van der Waals surface area contributed by atoms with Crippen LogP contribution >= 0.6 is 0 Å². The molecule has 0 amide bonds. The van der Waals surface area contributed by atoms with Gasteiger partial charge in [-0.05, 0) is 31.9 Å². The van der Waals surface area contributed by atoms with Crippen LogP contribution in [0.4, 0.5) is 5.69 Å². The predicted molar refractivity (Wildman–Crippen MR) is 57.7 cm³/mol. The number of aldehydes is 1. The maximum absolute atomic E-state index is 11.1. The van der Waals surface area contributed by atoms with E-state index in [9.17, 15) is 4.79 Å². The largest absolute Gasteiger partial charge is 0.385 e. The van der Waals surface area contributed by atoms with Crippen molar-refractivity contribution in [2.45, 2.75) is 25.7 Å². The van der Waals surface area contributed by atoms with E-state index in [0.29, 0.717) is 0 Å². The Morgan fingerprint density at radius 3 is 3.00 bits per heavy atom. The summed E-state index contributed by atoms with van der Waals surface area (Å²) in [5, 5.41) is 3.32. The van der Waals surface area contributed by atoms with E-state index in [-0.39, 0.29) is 5.41 Å². The first-order valence-electron chi connectivity index (χ1n) is 4.97. The van der Waals surface area contributed by atoms with Crippen LogP contribution in [-0.4, -0.2) is 12.8 Å². The highest BCUT2D eigenvalue weighted by Crippen LogP contribution is 2.35. The van der Waals surface area contributed by atoms with Gasteiger partial charge in [0.2, 0.25) is 0 Å². The summed E-state index contributed by atoms with van der Waals surface area (Å²) in [6.45, 7) is 4.95. The lowest BCUT2D eigenvalue weighted by Crippen LogP contribution is -2.32. The molecule has 0 aliphatic carbocycles. The summed E-state index contributed by atoms with van der Waals surface area (Å²) < 4.78 is 0. The molecule has 2 nitrogen and oxygen atoms in total. The fourth-order valence-electron chi connectivity index (χ4n) is 2.00. The van der Waals surface area contributed by atoms with E-state index in [2.05, 4.69) is 30.4 Å². The zero-order chi connectivity index (χ0) is 10.2. The molecule has 0 fully saturated rings. The molecule has 0 spiro atoms. The molecule has 0 saturated heterocycles. The normalized spacial score (nSPS) is 25.0. The van der Waals surface area contributed by atoms with Gasteiger partial charge in [0, 0.05) is 12.2 Å². The second kappa shape index (κ2) is 3.12. The molecule has 2 rings (SSSR count). The van der Waals surface area contributed by atoms with Gasteiger partial charge < -0.3 is 10.1 Å². The van der Waals surface area contributed by atoms with Gasteiger partial charge in [-0.1, -0.05) is 17.7 Å². The Morgan fingerprint density at radius 2 is 2.29 bits per heavy atom. The van der Waals surface area contributed by atoms with Crippen LogP contribution in [0.15, 0.2) is 18.2 Å². The maximum atomic E-state index is 11.1. The molecule has 1 aliphatic heterocycles. The number of carbonyl (C=O) groups excluding carboxylic acids is 1. The third-order valence-corrected chi connectivity index (χ3v) is 3.01. The fraction of sp³-hybridized carbons (Fsp3) is 0.417. The van der Waals surface area contributed by atoms with E-state index in [1.54, 1.807) is 0 Å². The third-order valence-electron chi connectivity index (χ3n) is 3.01. The van der Waals surface area contributed by atoms with E-state index >= 15 is 0 Å². The summed E-state index contributed by atoms with van der Waals surface area (Å²) in [6, 6.07) is 6.24. The molecule has 1 unspecified atom stereocenters. The van der Waals surface area contributed by atoms with Gasteiger partial charge in [0.25, 0.3) is 0 Å². The molecule has 0 saturated carbocycles. The third kappa shape index (κ3) is 1.31. The number of hydrogen-bond donors (Lipinski definition) is 1. The molecule has 1 aliphatic rings. The minimum absolute atomic E-state index is 0.299. The first-order chi connectivity index (χ1) is 6.65. The van der Waals surface area contributed by atoms with Crippen molar-refractivity contribution in [3.63, 3.8) is 0 Å². The second-order valence-corrected chi connectivity index (χ2v) is 4.26. The SMILES string of the molecule is Cc1ccc2c(c1)C(C)(C=O)CCN2. The highest BCUT2D eigenvalue weighted by molar-refractivity contribution is 5.75. The standard InChI is InChI=1S/C12H15NO/c1-9-3-4-11-10(7-9)12(2,8-14)5-6-13-11/h3-4,7-8,13H,5-6H2,1-2H3. The Balaban J connectivity index is 2.57. The Kier molecular flexibility index (Phi) is 2.06. The van der Waals surface area contributed by atoms with Crippen LogP contribution in [0.25, 0.3) is 0 Å². The molecule has 1 aromatic carbocycles. The lowest BCUT2D eigenvalue weighted by molar-refractivity contribution is -0.112. The Morgan fingerprint density at radius 1 is 1.50 bits per heavy atom. The van der Waals surface area contributed by atoms with E-state index in [1.807, 2.05) is 6.92 Å². The first-order valence-corrected chi connectivity index (χ1v) is 4.97. The van der Waals surface area contributed by atoms with Crippen molar-refractivity contribution >= 4 is 12.0 Å². The Bertz CT molecular complexity index is 373. The lowest BCUT2D eigenvalue weighted by Gasteiger charge is -2.32. The van der Waals surface area contributed by atoms with Crippen LogP contribution in [-0.2, 0) is 10.2 Å². The average molecular weight is 189 g/mol. The van der Waals surface area contributed by atoms with Crippen LogP contribution in [0.2, 0.25) is 0 Å². The van der Waals surface area contributed by atoms with Gasteiger partial charge in [0.15, 0.2) is 0 Å². The van der Waals surface area contributed by atoms with Crippen molar-refractivity contribution in [2.75, 3.05) is 11.9 Å². The van der Waals surface area contributed by atoms with Crippen molar-refractivity contribution in [3.05, 3.63) is 29.3 Å². The molecule has 0 bridgehead atoms. The number of fused-ring (bicyclic) bond motifs is 1. The van der Waals surface area contributed by atoms with Crippen molar-refractivity contribution in [3.8, 4) is 0 Å². The minimum Gasteiger partial charge on any atom is -0.385 e. The van der Waals surface area contributed by atoms with Crippen molar-refractivity contribution in [1.82, 2.24) is 0 Å². The number of rotatable bonds is 1. The number of hydrogen-bond acceptors (Lipinski definition) is 2. The molecule has 14 heavy (non-hydrogen) atoms. The van der Waals surface area contributed by atoms with Gasteiger partial charge >= 0.3 is 0 Å². The summed E-state index contributed by atoms with van der Waals surface area (Å²) in [5.41, 5.74) is 3.16. The maximum Gasteiger partial charge on any atom is 0.130 e. The van der Waals surface area contributed by atoms with Gasteiger partial charge in [-0.15, -0.1) is 0 Å². The molecule has 1 aromatic rings. The van der Waals surface area contributed by atoms with Gasteiger partial charge in [0.1, 0.15) is 6.29 Å². The van der Waals surface area contributed by atoms with Crippen molar-refractivity contribution in [2.24, 2.45) is 0 Å². The number of aryl methyl sites for hydroxylation is 1. The van der Waals surface area contributed by atoms with E-state index < -0.39 is 0 Å². The van der Waals surface area contributed by atoms with Crippen LogP contribution in [0.3, 0.4) is 0 Å². The van der Waals surface area contributed by atoms with E-state index in [0.717, 1.165) is 30.5 Å². The summed E-state index contributed by atoms with van der Waals surface area (Å²) in [7, 11) is 0. The average Bonchev–Trinajstić information content (AvgIpc) is 2.20. The number of benzene rings is 1. The van der Waals surface area contributed by atoms with E-state index in [1.165, 1.54) is 5.56 Å². The zero-order valence-electron chi connectivity index (χ0n) is 8.63. The molecule has 1 N–H and O–H groups in total. The number of nitrogens with one attached hydrogen (secondary N) is 1. The van der Waals surface area contributed by atoms with E-state index in [4.69, 9.17) is 0 Å². The minimum atomic E-state index is -0.299. The monoisotopic (exact) mass is 189 g/mol. The highest BCUT2D eigenvalue weighted by Gasteiger charge is 2.31. The predicted octanol–water partition coefficient (Wildman–Crippen LogP) is 2.27. The Hall–Kier alpha value is -1.31. The van der Waals surface area contributed by atoms with Crippen molar-refractivity contribution < 1.29 is 4.79 Å². The van der Waals surface area contributed by atoms with Gasteiger partial charge in [-0.2, -0.15) is 0 Å².